The van der Waals surface area contributed by atoms with Crippen molar-refractivity contribution in [1.29, 1.82) is 0 Å². The minimum Gasteiger partial charge on any atom is -0.366 e. The van der Waals surface area contributed by atoms with Crippen molar-refractivity contribution in [2.75, 3.05) is 19.7 Å². The zero-order chi connectivity index (χ0) is 13.2. The Labute approximate surface area is 112 Å². The molecular formula is C13H20N4O2. The predicted molar refractivity (Wildman–Crippen MR) is 69.4 cm³/mol. The number of carbonyl (C=O) groups is 1. The Morgan fingerprint density at radius 2 is 2.47 bits per heavy atom. The van der Waals surface area contributed by atoms with E-state index in [0.29, 0.717) is 25.7 Å². The number of ether oxygens (including phenoxy) is 1. The van der Waals surface area contributed by atoms with Crippen LogP contribution in [0.2, 0.25) is 0 Å². The van der Waals surface area contributed by atoms with Crippen molar-refractivity contribution in [2.45, 2.75) is 31.5 Å². The lowest BCUT2D eigenvalue weighted by atomic mass is 10.2. The van der Waals surface area contributed by atoms with E-state index in [1.54, 1.807) is 6.20 Å². The number of nitrogens with zero attached hydrogens (tertiary/aromatic N) is 3. The highest BCUT2D eigenvalue weighted by atomic mass is 16.5. The van der Waals surface area contributed by atoms with Crippen LogP contribution in [0.25, 0.3) is 0 Å². The first-order chi connectivity index (χ1) is 9.25. The van der Waals surface area contributed by atoms with Gasteiger partial charge in [-0.05, 0) is 12.8 Å². The number of nitrogens with one attached hydrogen (secondary N) is 1. The van der Waals surface area contributed by atoms with Gasteiger partial charge in [0.15, 0.2) is 0 Å². The number of morpholine rings is 1. The molecule has 2 aliphatic rings. The molecule has 0 aromatic carbocycles. The number of amides is 1. The Hall–Kier alpha value is -1.40. The number of aryl methyl sites for hydroxylation is 1. The third-order valence-corrected chi connectivity index (χ3v) is 3.71. The van der Waals surface area contributed by atoms with Crippen LogP contribution in [0, 0.1) is 0 Å². The SMILES string of the molecule is Cn1ccnc1CN(C(=O)C1CNCCO1)C1CC1. The van der Waals surface area contributed by atoms with Gasteiger partial charge in [-0.3, -0.25) is 4.79 Å². The van der Waals surface area contributed by atoms with E-state index < -0.39 is 0 Å². The largest absolute Gasteiger partial charge is 0.366 e. The van der Waals surface area contributed by atoms with Crippen LogP contribution in [0.1, 0.15) is 18.7 Å². The molecule has 104 valence electrons. The van der Waals surface area contributed by atoms with E-state index in [2.05, 4.69) is 10.3 Å². The molecule has 6 heteroatoms. The molecule has 19 heavy (non-hydrogen) atoms. The molecule has 1 saturated heterocycles. The number of carbonyl (C=O) groups excluding carboxylic acids is 1. The number of rotatable bonds is 4. The van der Waals surface area contributed by atoms with Gasteiger partial charge in [0.25, 0.3) is 5.91 Å². The fourth-order valence-electron chi connectivity index (χ4n) is 2.38. The molecule has 1 atom stereocenters. The molecule has 1 amide bonds. The predicted octanol–water partition coefficient (Wildman–Crippen LogP) is -0.100. The van der Waals surface area contributed by atoms with Crippen LogP contribution in [0.15, 0.2) is 12.4 Å². The van der Waals surface area contributed by atoms with Crippen molar-refractivity contribution in [3.8, 4) is 0 Å². The lowest BCUT2D eigenvalue weighted by Gasteiger charge is -2.29. The van der Waals surface area contributed by atoms with Gasteiger partial charge in [-0.1, -0.05) is 0 Å². The first-order valence-electron chi connectivity index (χ1n) is 6.84. The van der Waals surface area contributed by atoms with Gasteiger partial charge in [-0.15, -0.1) is 0 Å². The van der Waals surface area contributed by atoms with Crippen LogP contribution in [-0.2, 0) is 23.1 Å². The maximum Gasteiger partial charge on any atom is 0.253 e. The van der Waals surface area contributed by atoms with Crippen molar-refractivity contribution >= 4 is 5.91 Å². The summed E-state index contributed by atoms with van der Waals surface area (Å²) in [6, 6.07) is 0.370. The molecule has 1 aliphatic heterocycles. The van der Waals surface area contributed by atoms with Crippen molar-refractivity contribution < 1.29 is 9.53 Å². The maximum absolute atomic E-state index is 12.5. The Balaban J connectivity index is 1.70. The zero-order valence-electron chi connectivity index (χ0n) is 11.2. The van der Waals surface area contributed by atoms with Crippen LogP contribution >= 0.6 is 0 Å². The molecule has 6 nitrogen and oxygen atoms in total. The minimum atomic E-state index is -0.338. The van der Waals surface area contributed by atoms with Gasteiger partial charge in [0, 0.05) is 38.6 Å². The minimum absolute atomic E-state index is 0.0951. The monoisotopic (exact) mass is 264 g/mol. The summed E-state index contributed by atoms with van der Waals surface area (Å²) in [5.41, 5.74) is 0. The van der Waals surface area contributed by atoms with E-state index >= 15 is 0 Å². The highest BCUT2D eigenvalue weighted by Crippen LogP contribution is 2.29. The Bertz CT molecular complexity index is 449. The molecule has 1 N–H and O–H groups in total. The summed E-state index contributed by atoms with van der Waals surface area (Å²) >= 11 is 0. The number of imidazole rings is 1. The molecular weight excluding hydrogens is 244 g/mol. The number of aromatic nitrogens is 2. The molecule has 1 aliphatic carbocycles. The Morgan fingerprint density at radius 1 is 1.63 bits per heavy atom. The van der Waals surface area contributed by atoms with Crippen molar-refractivity contribution in [1.82, 2.24) is 19.8 Å². The van der Waals surface area contributed by atoms with E-state index in [9.17, 15) is 4.79 Å². The third kappa shape index (κ3) is 2.79. The number of hydrogen-bond donors (Lipinski definition) is 1. The van der Waals surface area contributed by atoms with Gasteiger partial charge in [0.2, 0.25) is 0 Å². The topological polar surface area (TPSA) is 59.4 Å². The van der Waals surface area contributed by atoms with Crippen molar-refractivity contribution in [3.63, 3.8) is 0 Å². The van der Waals surface area contributed by atoms with Crippen LogP contribution < -0.4 is 5.32 Å². The highest BCUT2D eigenvalue weighted by molar-refractivity contribution is 5.81. The molecule has 0 bridgehead atoms. The van der Waals surface area contributed by atoms with E-state index in [0.717, 1.165) is 25.2 Å². The van der Waals surface area contributed by atoms with Crippen LogP contribution in [0.3, 0.4) is 0 Å². The molecule has 2 fully saturated rings. The first kappa shape index (κ1) is 12.6. The van der Waals surface area contributed by atoms with Gasteiger partial charge in [0.1, 0.15) is 11.9 Å². The normalized spacial score (nSPS) is 23.3. The summed E-state index contributed by atoms with van der Waals surface area (Å²) in [5.74, 6) is 1.02. The first-order valence-corrected chi connectivity index (χ1v) is 6.84. The molecule has 3 rings (SSSR count). The van der Waals surface area contributed by atoms with Crippen molar-refractivity contribution in [2.24, 2.45) is 7.05 Å². The van der Waals surface area contributed by atoms with Crippen LogP contribution in [-0.4, -0.2) is 52.2 Å². The second-order valence-electron chi connectivity index (χ2n) is 5.22. The molecule has 0 spiro atoms. The second-order valence-corrected chi connectivity index (χ2v) is 5.22. The second kappa shape index (κ2) is 5.30. The van der Waals surface area contributed by atoms with Crippen LogP contribution in [0.4, 0.5) is 0 Å². The average Bonchev–Trinajstić information content (AvgIpc) is 3.20. The summed E-state index contributed by atoms with van der Waals surface area (Å²) in [4.78, 5) is 18.8. The molecule has 1 aromatic rings. The van der Waals surface area contributed by atoms with Crippen molar-refractivity contribution in [3.05, 3.63) is 18.2 Å². The standard InChI is InChI=1S/C13H20N4O2/c1-16-6-4-15-12(16)9-17(10-2-3-10)13(18)11-8-14-5-7-19-11/h4,6,10-11,14H,2-3,5,7-9H2,1H3. The zero-order valence-corrected chi connectivity index (χ0v) is 11.2. The molecule has 2 heterocycles. The lowest BCUT2D eigenvalue weighted by Crippen LogP contribution is -2.50. The van der Waals surface area contributed by atoms with Gasteiger partial charge in [0.05, 0.1) is 13.2 Å². The summed E-state index contributed by atoms with van der Waals surface area (Å²) in [5, 5.41) is 3.21. The fourth-order valence-corrected chi connectivity index (χ4v) is 2.38. The molecule has 1 aromatic heterocycles. The van der Waals surface area contributed by atoms with Gasteiger partial charge in [-0.25, -0.2) is 4.98 Å². The number of hydrogen-bond acceptors (Lipinski definition) is 4. The van der Waals surface area contributed by atoms with Gasteiger partial charge in [-0.2, -0.15) is 0 Å². The summed E-state index contributed by atoms with van der Waals surface area (Å²) < 4.78 is 7.53. The molecule has 0 radical (unpaired) electrons. The van der Waals surface area contributed by atoms with Gasteiger partial charge < -0.3 is 19.5 Å². The third-order valence-electron chi connectivity index (χ3n) is 3.71. The fraction of sp³-hybridized carbons (Fsp3) is 0.692. The smallest absolute Gasteiger partial charge is 0.253 e. The van der Waals surface area contributed by atoms with E-state index in [4.69, 9.17) is 4.74 Å². The van der Waals surface area contributed by atoms with E-state index in [1.807, 2.05) is 22.7 Å². The van der Waals surface area contributed by atoms with Crippen LogP contribution in [0.5, 0.6) is 0 Å². The Kier molecular flexibility index (Phi) is 3.52. The highest BCUT2D eigenvalue weighted by Gasteiger charge is 2.37. The van der Waals surface area contributed by atoms with Gasteiger partial charge >= 0.3 is 0 Å². The maximum atomic E-state index is 12.5. The molecule has 1 unspecified atom stereocenters. The quantitative estimate of drug-likeness (QED) is 0.825. The Morgan fingerprint density at radius 3 is 3.05 bits per heavy atom. The summed E-state index contributed by atoms with van der Waals surface area (Å²) in [6.45, 7) is 2.62. The lowest BCUT2D eigenvalue weighted by molar-refractivity contribution is -0.146. The molecule has 1 saturated carbocycles. The van der Waals surface area contributed by atoms with E-state index in [-0.39, 0.29) is 12.0 Å². The average molecular weight is 264 g/mol. The van der Waals surface area contributed by atoms with E-state index in [1.165, 1.54) is 0 Å². The summed E-state index contributed by atoms with van der Waals surface area (Å²) in [6.07, 6.45) is 5.52. The summed E-state index contributed by atoms with van der Waals surface area (Å²) in [7, 11) is 1.95.